The van der Waals surface area contributed by atoms with Gasteiger partial charge in [-0.3, -0.25) is 14.1 Å². The number of aliphatic carboxylic acids is 2. The minimum absolute atomic E-state index is 0. The topological polar surface area (TPSA) is 129 Å². The van der Waals surface area contributed by atoms with Gasteiger partial charge in [-0.25, -0.2) is 0 Å². The normalized spacial score (nSPS) is 16.1. The molecule has 0 aromatic carbocycles. The van der Waals surface area contributed by atoms with Crippen LogP contribution in [0.1, 0.15) is 42.0 Å². The average molecular weight is 334 g/mol. The van der Waals surface area contributed by atoms with Gasteiger partial charge in [0.05, 0.1) is 5.92 Å². The van der Waals surface area contributed by atoms with Crippen molar-refractivity contribution in [3.8, 4) is 0 Å². The first-order valence-corrected chi connectivity index (χ1v) is 7.73. The summed E-state index contributed by atoms with van der Waals surface area (Å²) in [6.07, 6.45) is -0.626. The van der Waals surface area contributed by atoms with Crippen LogP contribution in [0.4, 0.5) is 0 Å². The van der Waals surface area contributed by atoms with Gasteiger partial charge >= 0.3 is 41.5 Å². The van der Waals surface area contributed by atoms with E-state index in [0.717, 1.165) is 0 Å². The second-order valence-electron chi connectivity index (χ2n) is 5.79. The quantitative estimate of drug-likeness (QED) is 0.368. The van der Waals surface area contributed by atoms with E-state index in [0.29, 0.717) is 0 Å². The molecule has 0 aromatic rings. The molecule has 3 N–H and O–H groups in total. The SMILES string of the molecule is CC(C)CC(C(=O)O)C(CC(C)C)(C(=O)O)S(=O)(=O)O.[H-].[Na+]. The summed E-state index contributed by atoms with van der Waals surface area (Å²) in [5, 5.41) is 18.6. The van der Waals surface area contributed by atoms with Crippen LogP contribution in [0.15, 0.2) is 0 Å². The Hall–Kier alpha value is -0.150. The van der Waals surface area contributed by atoms with Crippen molar-refractivity contribution in [2.75, 3.05) is 0 Å². The molecule has 0 aliphatic carbocycles. The number of hydrogen-bond acceptors (Lipinski definition) is 4. The van der Waals surface area contributed by atoms with Crippen LogP contribution in [-0.4, -0.2) is 39.9 Å². The van der Waals surface area contributed by atoms with Crippen molar-refractivity contribution in [1.82, 2.24) is 0 Å². The zero-order valence-corrected chi connectivity index (χ0v) is 15.8. The molecule has 9 heteroatoms. The molecular weight excluding hydrogens is 311 g/mol. The van der Waals surface area contributed by atoms with Gasteiger partial charge in [-0.15, -0.1) is 0 Å². The third-order valence-electron chi connectivity index (χ3n) is 3.10. The molecule has 0 bridgehead atoms. The third kappa shape index (κ3) is 5.52. The van der Waals surface area contributed by atoms with Crippen LogP contribution < -0.4 is 29.6 Å². The van der Waals surface area contributed by atoms with Crippen molar-refractivity contribution >= 4 is 22.1 Å². The molecule has 0 heterocycles. The largest absolute Gasteiger partial charge is 1.00 e. The Morgan fingerprint density at radius 3 is 1.71 bits per heavy atom. The van der Waals surface area contributed by atoms with Crippen LogP contribution in [0.2, 0.25) is 0 Å². The summed E-state index contributed by atoms with van der Waals surface area (Å²) in [6.45, 7) is 6.44. The van der Waals surface area contributed by atoms with Gasteiger partial charge in [-0.2, -0.15) is 8.42 Å². The monoisotopic (exact) mass is 334 g/mol. The summed E-state index contributed by atoms with van der Waals surface area (Å²) in [4.78, 5) is 22.9. The fourth-order valence-corrected chi connectivity index (χ4v) is 3.66. The fraction of sp³-hybridized carbons (Fsp3) is 0.833. The first-order chi connectivity index (χ1) is 8.86. The van der Waals surface area contributed by atoms with Crippen LogP contribution in [0.25, 0.3) is 0 Å². The number of hydrogen-bond donors (Lipinski definition) is 3. The van der Waals surface area contributed by atoms with Crippen molar-refractivity contribution in [3.05, 3.63) is 0 Å². The van der Waals surface area contributed by atoms with Gasteiger partial charge in [0.2, 0.25) is 4.75 Å². The second kappa shape index (κ2) is 8.47. The zero-order valence-electron chi connectivity index (χ0n) is 14.0. The Morgan fingerprint density at radius 1 is 1.10 bits per heavy atom. The maximum absolute atomic E-state index is 11.7. The molecule has 0 saturated carbocycles. The summed E-state index contributed by atoms with van der Waals surface area (Å²) in [6, 6.07) is 0. The molecule has 0 aliphatic rings. The van der Waals surface area contributed by atoms with Crippen molar-refractivity contribution < 1.29 is 63.8 Å². The molecule has 2 unspecified atom stereocenters. The molecule has 0 aliphatic heterocycles. The Kier molecular flexibility index (Phi) is 9.33. The molecule has 0 amide bonds. The summed E-state index contributed by atoms with van der Waals surface area (Å²) < 4.78 is 30.0. The van der Waals surface area contributed by atoms with E-state index in [4.69, 9.17) is 0 Å². The molecule has 0 saturated heterocycles. The van der Waals surface area contributed by atoms with Gasteiger partial charge in [0, 0.05) is 0 Å². The molecule has 0 radical (unpaired) electrons. The van der Waals surface area contributed by atoms with E-state index in [1.165, 1.54) is 0 Å². The first kappa shape index (κ1) is 23.1. The second-order valence-corrected chi connectivity index (χ2v) is 7.47. The predicted molar refractivity (Wildman–Crippen MR) is 73.1 cm³/mol. The average Bonchev–Trinajstić information content (AvgIpc) is 2.19. The van der Waals surface area contributed by atoms with E-state index < -0.39 is 45.1 Å². The van der Waals surface area contributed by atoms with E-state index in [1.54, 1.807) is 27.7 Å². The molecular formula is C12H23NaO7S. The number of carboxylic acid groups (broad SMARTS) is 2. The molecule has 0 rings (SSSR count). The standard InChI is InChI=1S/C12H22O7S.Na.H/c1-7(2)5-9(10(13)14)12(11(15)16,6-8(3)4)20(17,18)19;;/h7-9H,5-6H2,1-4H3,(H,13,14)(H,15,16)(H,17,18,19);;/q;+1;-1. The number of rotatable bonds is 8. The van der Waals surface area contributed by atoms with Crippen molar-refractivity contribution in [2.24, 2.45) is 17.8 Å². The molecule has 0 spiro atoms. The number of carbonyl (C=O) groups is 2. The van der Waals surface area contributed by atoms with E-state index in [2.05, 4.69) is 0 Å². The summed E-state index contributed by atoms with van der Waals surface area (Å²) in [5.41, 5.74) is 0. The molecule has 7 nitrogen and oxygen atoms in total. The third-order valence-corrected chi connectivity index (χ3v) is 4.65. The van der Waals surface area contributed by atoms with Crippen LogP contribution in [0.5, 0.6) is 0 Å². The first-order valence-electron chi connectivity index (χ1n) is 6.29. The van der Waals surface area contributed by atoms with Gasteiger partial charge in [0.15, 0.2) is 0 Å². The maximum atomic E-state index is 11.7. The van der Waals surface area contributed by atoms with Gasteiger partial charge in [-0.05, 0) is 24.7 Å². The number of carboxylic acids is 2. The van der Waals surface area contributed by atoms with Crippen LogP contribution in [-0.2, 0) is 19.7 Å². The summed E-state index contributed by atoms with van der Waals surface area (Å²) in [7, 11) is -5.09. The molecule has 120 valence electrons. The Labute approximate surface area is 148 Å². The summed E-state index contributed by atoms with van der Waals surface area (Å²) >= 11 is 0. The van der Waals surface area contributed by atoms with Gasteiger partial charge < -0.3 is 11.6 Å². The van der Waals surface area contributed by atoms with E-state index in [1.807, 2.05) is 0 Å². The minimum Gasteiger partial charge on any atom is -1.00 e. The van der Waals surface area contributed by atoms with Crippen molar-refractivity contribution in [2.45, 2.75) is 45.3 Å². The van der Waals surface area contributed by atoms with E-state index in [9.17, 15) is 32.8 Å². The zero-order chi connectivity index (χ0) is 16.3. The van der Waals surface area contributed by atoms with Gasteiger partial charge in [0.1, 0.15) is 0 Å². The van der Waals surface area contributed by atoms with E-state index in [-0.39, 0.29) is 43.3 Å². The molecule has 21 heavy (non-hydrogen) atoms. The van der Waals surface area contributed by atoms with Gasteiger partial charge in [0.25, 0.3) is 10.1 Å². The fourth-order valence-electron chi connectivity index (χ4n) is 2.34. The smallest absolute Gasteiger partial charge is 1.00 e. The van der Waals surface area contributed by atoms with Crippen molar-refractivity contribution in [3.63, 3.8) is 0 Å². The molecule has 2 atom stereocenters. The van der Waals surface area contributed by atoms with Gasteiger partial charge in [-0.1, -0.05) is 27.7 Å². The predicted octanol–water partition coefficient (Wildman–Crippen LogP) is -1.39. The Balaban J connectivity index is -0.00000180. The van der Waals surface area contributed by atoms with Crippen LogP contribution in [0, 0.1) is 17.8 Å². The molecule has 0 aromatic heterocycles. The Bertz CT molecular complexity index is 478. The van der Waals surface area contributed by atoms with Crippen molar-refractivity contribution in [1.29, 1.82) is 0 Å². The minimum atomic E-state index is -5.09. The maximum Gasteiger partial charge on any atom is 1.00 e. The van der Waals surface area contributed by atoms with Crippen LogP contribution >= 0.6 is 0 Å². The van der Waals surface area contributed by atoms with E-state index >= 15 is 0 Å². The summed E-state index contributed by atoms with van der Waals surface area (Å²) in [5.74, 6) is -5.73. The Morgan fingerprint density at radius 2 is 1.52 bits per heavy atom. The van der Waals surface area contributed by atoms with Crippen LogP contribution in [0.3, 0.4) is 0 Å². The molecule has 0 fully saturated rings.